The van der Waals surface area contributed by atoms with Crippen molar-refractivity contribution in [3.8, 4) is 0 Å². The molecule has 0 saturated carbocycles. The molecule has 0 heterocycles. The highest BCUT2D eigenvalue weighted by Gasteiger charge is 2.42. The van der Waals surface area contributed by atoms with Crippen LogP contribution in [0.15, 0.2) is 54.6 Å². The van der Waals surface area contributed by atoms with Gasteiger partial charge in [-0.2, -0.15) is 13.2 Å². The standard InChI is InChI=1S/C19H17F3O3/c1-2-25-18(24)15-10-8-13(9-11-15)16(19(20,21)22)12-17(23)14-6-4-3-5-7-14/h3-11,16H,2,12H2,1H3. The van der Waals surface area contributed by atoms with Crippen molar-refractivity contribution in [2.75, 3.05) is 6.61 Å². The van der Waals surface area contributed by atoms with Crippen LogP contribution in [-0.4, -0.2) is 24.5 Å². The molecular formula is C19H17F3O3. The van der Waals surface area contributed by atoms with Crippen LogP contribution in [0.3, 0.4) is 0 Å². The molecular weight excluding hydrogens is 333 g/mol. The molecule has 0 aliphatic carbocycles. The van der Waals surface area contributed by atoms with Gasteiger partial charge in [0, 0.05) is 12.0 Å². The highest BCUT2D eigenvalue weighted by molar-refractivity contribution is 5.96. The summed E-state index contributed by atoms with van der Waals surface area (Å²) in [6.07, 6.45) is -5.26. The number of halogens is 3. The number of ketones is 1. The van der Waals surface area contributed by atoms with Crippen molar-refractivity contribution < 1.29 is 27.5 Å². The van der Waals surface area contributed by atoms with E-state index in [4.69, 9.17) is 4.74 Å². The second-order valence-electron chi connectivity index (χ2n) is 5.43. The van der Waals surface area contributed by atoms with E-state index in [-0.39, 0.29) is 23.3 Å². The summed E-state index contributed by atoms with van der Waals surface area (Å²) in [5, 5.41) is 0. The summed E-state index contributed by atoms with van der Waals surface area (Å²) in [5.74, 6) is -3.12. The van der Waals surface area contributed by atoms with E-state index in [1.807, 2.05) is 0 Å². The zero-order chi connectivity index (χ0) is 18.4. The van der Waals surface area contributed by atoms with Crippen LogP contribution in [0, 0.1) is 0 Å². The van der Waals surface area contributed by atoms with Crippen molar-refractivity contribution >= 4 is 11.8 Å². The summed E-state index contributed by atoms with van der Waals surface area (Å²) in [5.41, 5.74) is 0.339. The largest absolute Gasteiger partial charge is 0.462 e. The number of hydrogen-bond donors (Lipinski definition) is 0. The molecule has 6 heteroatoms. The quantitative estimate of drug-likeness (QED) is 0.556. The molecule has 0 aliphatic rings. The van der Waals surface area contributed by atoms with Crippen LogP contribution < -0.4 is 0 Å². The number of esters is 1. The van der Waals surface area contributed by atoms with Crippen LogP contribution >= 0.6 is 0 Å². The van der Waals surface area contributed by atoms with Crippen molar-refractivity contribution in [1.82, 2.24) is 0 Å². The Morgan fingerprint density at radius 1 is 0.960 bits per heavy atom. The van der Waals surface area contributed by atoms with Crippen LogP contribution in [0.2, 0.25) is 0 Å². The minimum absolute atomic E-state index is 0.0650. The SMILES string of the molecule is CCOC(=O)c1ccc(C(CC(=O)c2ccccc2)C(F)(F)F)cc1. The number of benzene rings is 2. The first-order chi connectivity index (χ1) is 11.8. The first kappa shape index (κ1) is 18.7. The van der Waals surface area contributed by atoms with Gasteiger partial charge in [-0.1, -0.05) is 42.5 Å². The molecule has 132 valence electrons. The Hall–Kier alpha value is -2.63. The second-order valence-corrected chi connectivity index (χ2v) is 5.43. The normalized spacial score (nSPS) is 12.5. The highest BCUT2D eigenvalue weighted by atomic mass is 19.4. The van der Waals surface area contributed by atoms with Crippen LogP contribution in [0.4, 0.5) is 13.2 Å². The van der Waals surface area contributed by atoms with Gasteiger partial charge in [-0.15, -0.1) is 0 Å². The maximum Gasteiger partial charge on any atom is 0.396 e. The fraction of sp³-hybridized carbons (Fsp3) is 0.263. The average Bonchev–Trinajstić information content (AvgIpc) is 2.59. The number of hydrogen-bond acceptors (Lipinski definition) is 3. The van der Waals surface area contributed by atoms with Crippen LogP contribution in [-0.2, 0) is 4.74 Å². The van der Waals surface area contributed by atoms with Gasteiger partial charge in [-0.25, -0.2) is 4.79 Å². The zero-order valence-corrected chi connectivity index (χ0v) is 13.5. The third-order valence-electron chi connectivity index (χ3n) is 3.70. The fourth-order valence-electron chi connectivity index (χ4n) is 2.42. The van der Waals surface area contributed by atoms with Crippen molar-refractivity contribution in [2.24, 2.45) is 0 Å². The van der Waals surface area contributed by atoms with Gasteiger partial charge in [0.15, 0.2) is 5.78 Å². The lowest BCUT2D eigenvalue weighted by atomic mass is 9.90. The van der Waals surface area contributed by atoms with E-state index < -0.39 is 30.3 Å². The molecule has 2 rings (SSSR count). The van der Waals surface area contributed by atoms with Gasteiger partial charge in [0.2, 0.25) is 0 Å². The molecule has 2 aromatic carbocycles. The molecule has 1 unspecified atom stereocenters. The van der Waals surface area contributed by atoms with Gasteiger partial charge < -0.3 is 4.74 Å². The first-order valence-electron chi connectivity index (χ1n) is 7.75. The van der Waals surface area contributed by atoms with E-state index >= 15 is 0 Å². The van der Waals surface area contributed by atoms with Crippen molar-refractivity contribution in [1.29, 1.82) is 0 Å². The Balaban J connectivity index is 2.23. The minimum atomic E-state index is -4.57. The van der Waals surface area contributed by atoms with E-state index in [2.05, 4.69) is 0 Å². The molecule has 0 amide bonds. The van der Waals surface area contributed by atoms with Crippen molar-refractivity contribution in [3.05, 3.63) is 71.3 Å². The molecule has 0 spiro atoms. The zero-order valence-electron chi connectivity index (χ0n) is 13.5. The maximum absolute atomic E-state index is 13.4. The molecule has 0 aliphatic heterocycles. The molecule has 25 heavy (non-hydrogen) atoms. The Bertz CT molecular complexity index is 722. The molecule has 0 N–H and O–H groups in total. The number of Topliss-reactive ketones (excluding diaryl/α,β-unsaturated/α-hetero) is 1. The fourth-order valence-corrected chi connectivity index (χ4v) is 2.42. The summed E-state index contributed by atoms with van der Waals surface area (Å²) < 4.78 is 45.1. The Kier molecular flexibility index (Phi) is 5.96. The number of rotatable bonds is 6. The van der Waals surface area contributed by atoms with E-state index in [1.165, 1.54) is 36.4 Å². The molecule has 2 aromatic rings. The number of ether oxygens (including phenoxy) is 1. The van der Waals surface area contributed by atoms with Gasteiger partial charge in [0.05, 0.1) is 18.1 Å². The predicted octanol–water partition coefficient (Wildman–Crippen LogP) is 4.78. The highest BCUT2D eigenvalue weighted by Crippen LogP contribution is 2.38. The first-order valence-corrected chi connectivity index (χ1v) is 7.75. The predicted molar refractivity (Wildman–Crippen MR) is 86.6 cm³/mol. The third kappa shape index (κ3) is 4.92. The van der Waals surface area contributed by atoms with E-state index in [0.717, 1.165) is 0 Å². The van der Waals surface area contributed by atoms with Crippen molar-refractivity contribution in [3.63, 3.8) is 0 Å². The smallest absolute Gasteiger partial charge is 0.396 e. The molecule has 0 radical (unpaired) electrons. The molecule has 0 bridgehead atoms. The lowest BCUT2D eigenvalue weighted by Gasteiger charge is -2.20. The average molecular weight is 350 g/mol. The second kappa shape index (κ2) is 7.96. The summed E-state index contributed by atoms with van der Waals surface area (Å²) in [6.45, 7) is 1.82. The van der Waals surface area contributed by atoms with E-state index in [0.29, 0.717) is 0 Å². The minimum Gasteiger partial charge on any atom is -0.462 e. The Morgan fingerprint density at radius 2 is 1.56 bits per heavy atom. The molecule has 0 fully saturated rings. The van der Waals surface area contributed by atoms with Crippen LogP contribution in [0.25, 0.3) is 0 Å². The third-order valence-corrected chi connectivity index (χ3v) is 3.70. The van der Waals surface area contributed by atoms with Gasteiger partial charge in [0.25, 0.3) is 0 Å². The lowest BCUT2D eigenvalue weighted by molar-refractivity contribution is -0.149. The monoisotopic (exact) mass is 350 g/mol. The summed E-state index contributed by atoms with van der Waals surface area (Å²) in [4.78, 5) is 23.7. The van der Waals surface area contributed by atoms with Crippen molar-refractivity contribution in [2.45, 2.75) is 25.4 Å². The van der Waals surface area contributed by atoms with Crippen LogP contribution in [0.5, 0.6) is 0 Å². The number of carbonyl (C=O) groups excluding carboxylic acids is 2. The van der Waals surface area contributed by atoms with Gasteiger partial charge in [-0.3, -0.25) is 4.79 Å². The summed E-state index contributed by atoms with van der Waals surface area (Å²) in [7, 11) is 0. The molecule has 3 nitrogen and oxygen atoms in total. The Labute approximate surface area is 143 Å². The number of carbonyl (C=O) groups is 2. The summed E-state index contributed by atoms with van der Waals surface area (Å²) >= 11 is 0. The topological polar surface area (TPSA) is 43.4 Å². The van der Waals surface area contributed by atoms with E-state index in [9.17, 15) is 22.8 Å². The lowest BCUT2D eigenvalue weighted by Crippen LogP contribution is -2.24. The van der Waals surface area contributed by atoms with E-state index in [1.54, 1.807) is 25.1 Å². The molecule has 0 aromatic heterocycles. The van der Waals surface area contributed by atoms with Gasteiger partial charge in [0.1, 0.15) is 0 Å². The van der Waals surface area contributed by atoms with Crippen LogP contribution in [0.1, 0.15) is 45.5 Å². The van der Waals surface area contributed by atoms with Gasteiger partial charge >= 0.3 is 12.1 Å². The van der Waals surface area contributed by atoms with Gasteiger partial charge in [-0.05, 0) is 24.6 Å². The molecule has 0 saturated heterocycles. The maximum atomic E-state index is 13.4. The Morgan fingerprint density at radius 3 is 2.08 bits per heavy atom. The molecule has 1 atom stereocenters. The number of alkyl halides is 3. The summed E-state index contributed by atoms with van der Waals surface area (Å²) in [6, 6.07) is 12.8.